The van der Waals surface area contributed by atoms with Gasteiger partial charge in [0, 0.05) is 0 Å². The van der Waals surface area contributed by atoms with Crippen molar-refractivity contribution in [2.24, 2.45) is 10.2 Å². The Kier molecular flexibility index (Phi) is 5.33. The predicted octanol–water partition coefficient (Wildman–Crippen LogP) is 1.71. The fourth-order valence-electron chi connectivity index (χ4n) is 0.458. The Morgan fingerprint density at radius 1 is 1.64 bits per heavy atom. The van der Waals surface area contributed by atoms with Crippen LogP contribution in [0.1, 0.15) is 26.7 Å². The molecule has 0 rings (SSSR count). The maximum absolute atomic E-state index is 10.2. The van der Waals surface area contributed by atoms with Crippen molar-refractivity contribution in [2.45, 2.75) is 32.7 Å². The molecule has 0 aromatic heterocycles. The van der Waals surface area contributed by atoms with Gasteiger partial charge in [-0.2, -0.15) is 10.2 Å². The summed E-state index contributed by atoms with van der Waals surface area (Å²) >= 11 is 0. The van der Waals surface area contributed by atoms with Crippen LogP contribution in [0.5, 0.6) is 0 Å². The number of azo groups is 1. The monoisotopic (exact) mass is 158 g/mol. The summed E-state index contributed by atoms with van der Waals surface area (Å²) in [7, 11) is 0. The molecule has 0 amide bonds. The number of carboxylic acid groups (broad SMARTS) is 1. The lowest BCUT2D eigenvalue weighted by atomic mass is 10.3. The number of hydrogen-bond donors (Lipinski definition) is 1. The molecule has 0 heterocycles. The van der Waals surface area contributed by atoms with Crippen LogP contribution in [0.25, 0.3) is 0 Å². The molecule has 0 saturated heterocycles. The van der Waals surface area contributed by atoms with Crippen LogP contribution in [0.15, 0.2) is 10.2 Å². The molecule has 0 aromatic carbocycles. The van der Waals surface area contributed by atoms with Crippen LogP contribution in [0.2, 0.25) is 0 Å². The molecule has 0 aliphatic rings. The number of aliphatic carboxylic acids is 1. The fraction of sp³-hybridized carbons (Fsp3) is 0.857. The van der Waals surface area contributed by atoms with E-state index in [1.807, 2.05) is 0 Å². The van der Waals surface area contributed by atoms with E-state index >= 15 is 0 Å². The Morgan fingerprint density at radius 2 is 2.27 bits per heavy atom. The number of carbonyl (C=O) groups is 1. The lowest BCUT2D eigenvalue weighted by Crippen LogP contribution is -2.12. The molecule has 1 atom stereocenters. The third-order valence-corrected chi connectivity index (χ3v) is 1.22. The zero-order chi connectivity index (χ0) is 8.69. The predicted molar refractivity (Wildman–Crippen MR) is 41.7 cm³/mol. The Hall–Kier alpha value is -0.930. The van der Waals surface area contributed by atoms with E-state index in [4.69, 9.17) is 5.11 Å². The van der Waals surface area contributed by atoms with Crippen LogP contribution in [0.4, 0.5) is 0 Å². The van der Waals surface area contributed by atoms with E-state index < -0.39 is 12.0 Å². The van der Waals surface area contributed by atoms with Crippen molar-refractivity contribution in [2.75, 3.05) is 6.54 Å². The van der Waals surface area contributed by atoms with Gasteiger partial charge in [-0.05, 0) is 13.3 Å². The molecule has 0 bridgehead atoms. The summed E-state index contributed by atoms with van der Waals surface area (Å²) in [6, 6.07) is -0.702. The Morgan fingerprint density at radius 3 is 2.73 bits per heavy atom. The standard InChI is InChI=1S/C7H14N2O2/c1-3-4-5-8-9-6(2)7(10)11/h6H,3-5H2,1-2H3,(H,10,11). The van der Waals surface area contributed by atoms with Crippen LogP contribution < -0.4 is 0 Å². The summed E-state index contributed by atoms with van der Waals surface area (Å²) in [4.78, 5) is 10.2. The van der Waals surface area contributed by atoms with Crippen molar-refractivity contribution >= 4 is 5.97 Å². The second-order valence-electron chi connectivity index (χ2n) is 2.35. The highest BCUT2D eigenvalue weighted by Crippen LogP contribution is 1.93. The first-order chi connectivity index (χ1) is 5.18. The molecule has 0 fully saturated rings. The molecule has 64 valence electrons. The molecular formula is C7H14N2O2. The zero-order valence-electron chi connectivity index (χ0n) is 6.95. The highest BCUT2D eigenvalue weighted by Gasteiger charge is 2.06. The van der Waals surface area contributed by atoms with E-state index in [-0.39, 0.29) is 0 Å². The van der Waals surface area contributed by atoms with E-state index in [0.29, 0.717) is 6.54 Å². The summed E-state index contributed by atoms with van der Waals surface area (Å²) in [5.41, 5.74) is 0. The minimum atomic E-state index is -0.926. The zero-order valence-corrected chi connectivity index (χ0v) is 6.95. The topological polar surface area (TPSA) is 62.0 Å². The maximum atomic E-state index is 10.2. The molecule has 1 unspecified atom stereocenters. The SMILES string of the molecule is CCCCN=NC(C)C(=O)O. The third kappa shape index (κ3) is 5.51. The summed E-state index contributed by atoms with van der Waals surface area (Å²) in [5.74, 6) is -0.926. The Balaban J connectivity index is 3.48. The first-order valence-electron chi connectivity index (χ1n) is 3.78. The van der Waals surface area contributed by atoms with Gasteiger partial charge in [-0.1, -0.05) is 13.3 Å². The second-order valence-corrected chi connectivity index (χ2v) is 2.35. The van der Waals surface area contributed by atoms with Crippen molar-refractivity contribution in [1.29, 1.82) is 0 Å². The van der Waals surface area contributed by atoms with Gasteiger partial charge >= 0.3 is 5.97 Å². The normalized spacial score (nSPS) is 13.6. The van der Waals surface area contributed by atoms with Crippen molar-refractivity contribution in [3.8, 4) is 0 Å². The molecule has 0 radical (unpaired) electrons. The van der Waals surface area contributed by atoms with Crippen LogP contribution in [0, 0.1) is 0 Å². The Bertz CT molecular complexity index is 145. The summed E-state index contributed by atoms with van der Waals surface area (Å²) in [6.07, 6.45) is 2.02. The van der Waals surface area contributed by atoms with Crippen LogP contribution >= 0.6 is 0 Å². The van der Waals surface area contributed by atoms with E-state index in [2.05, 4.69) is 17.2 Å². The molecule has 0 aliphatic heterocycles. The van der Waals surface area contributed by atoms with Crippen molar-refractivity contribution < 1.29 is 9.90 Å². The number of carboxylic acids is 1. The molecule has 11 heavy (non-hydrogen) atoms. The third-order valence-electron chi connectivity index (χ3n) is 1.22. The average Bonchev–Trinajstić information content (AvgIpc) is 1.97. The van der Waals surface area contributed by atoms with Gasteiger partial charge in [-0.25, -0.2) is 4.79 Å². The van der Waals surface area contributed by atoms with E-state index in [0.717, 1.165) is 12.8 Å². The average molecular weight is 158 g/mol. The smallest absolute Gasteiger partial charge is 0.330 e. The lowest BCUT2D eigenvalue weighted by Gasteiger charge is -1.95. The highest BCUT2D eigenvalue weighted by molar-refractivity contribution is 5.72. The van der Waals surface area contributed by atoms with Gasteiger partial charge in [-0.15, -0.1) is 0 Å². The molecule has 0 saturated carbocycles. The molecular weight excluding hydrogens is 144 g/mol. The van der Waals surface area contributed by atoms with Gasteiger partial charge in [0.2, 0.25) is 0 Å². The highest BCUT2D eigenvalue weighted by atomic mass is 16.4. The maximum Gasteiger partial charge on any atom is 0.330 e. The van der Waals surface area contributed by atoms with Crippen LogP contribution in [0.3, 0.4) is 0 Å². The summed E-state index contributed by atoms with van der Waals surface area (Å²) in [5, 5.41) is 15.7. The van der Waals surface area contributed by atoms with E-state index in [9.17, 15) is 4.79 Å². The number of hydrogen-bond acceptors (Lipinski definition) is 3. The van der Waals surface area contributed by atoms with Gasteiger partial charge in [0.15, 0.2) is 6.04 Å². The van der Waals surface area contributed by atoms with Crippen LogP contribution in [-0.2, 0) is 4.79 Å². The van der Waals surface area contributed by atoms with Crippen LogP contribution in [-0.4, -0.2) is 23.7 Å². The molecule has 1 N–H and O–H groups in total. The van der Waals surface area contributed by atoms with Gasteiger partial charge < -0.3 is 5.11 Å². The second kappa shape index (κ2) is 5.82. The first-order valence-corrected chi connectivity index (χ1v) is 3.78. The lowest BCUT2D eigenvalue weighted by molar-refractivity contribution is -0.138. The Labute approximate surface area is 66.3 Å². The minimum Gasteiger partial charge on any atom is -0.480 e. The van der Waals surface area contributed by atoms with Crippen molar-refractivity contribution in [3.05, 3.63) is 0 Å². The number of rotatable bonds is 5. The first kappa shape index (κ1) is 10.1. The van der Waals surface area contributed by atoms with Crippen molar-refractivity contribution in [1.82, 2.24) is 0 Å². The van der Waals surface area contributed by atoms with Gasteiger partial charge in [0.25, 0.3) is 0 Å². The number of nitrogens with zero attached hydrogens (tertiary/aromatic N) is 2. The largest absolute Gasteiger partial charge is 0.480 e. The molecule has 0 aromatic rings. The van der Waals surface area contributed by atoms with E-state index in [1.165, 1.54) is 6.92 Å². The minimum absolute atomic E-state index is 0.633. The van der Waals surface area contributed by atoms with Crippen molar-refractivity contribution in [3.63, 3.8) is 0 Å². The number of unbranched alkanes of at least 4 members (excludes halogenated alkanes) is 1. The van der Waals surface area contributed by atoms with Gasteiger partial charge in [0.1, 0.15) is 0 Å². The summed E-state index contributed by atoms with van der Waals surface area (Å²) < 4.78 is 0. The van der Waals surface area contributed by atoms with E-state index in [1.54, 1.807) is 0 Å². The summed E-state index contributed by atoms with van der Waals surface area (Å²) in [6.45, 7) is 4.20. The van der Waals surface area contributed by atoms with Gasteiger partial charge in [0.05, 0.1) is 6.54 Å². The fourth-order valence-corrected chi connectivity index (χ4v) is 0.458. The molecule has 4 nitrogen and oxygen atoms in total. The van der Waals surface area contributed by atoms with Gasteiger partial charge in [-0.3, -0.25) is 0 Å². The quantitative estimate of drug-likeness (QED) is 0.489. The molecule has 0 aliphatic carbocycles. The molecule has 0 spiro atoms. The molecule has 4 heteroatoms.